The second-order valence-corrected chi connectivity index (χ2v) is 3.93. The van der Waals surface area contributed by atoms with E-state index in [-0.39, 0.29) is 5.78 Å². The quantitative estimate of drug-likeness (QED) is 0.740. The average Bonchev–Trinajstić information content (AvgIpc) is 2.04. The first-order chi connectivity index (χ1) is 6.09. The maximum Gasteiger partial charge on any atom is 0.162 e. The average molecular weight is 239 g/mol. The van der Waals surface area contributed by atoms with Crippen LogP contribution in [0.1, 0.15) is 12.5 Å². The van der Waals surface area contributed by atoms with E-state index in [1.165, 1.54) is 0 Å². The highest BCUT2D eigenvalue weighted by Gasteiger charge is 2.03. The minimum atomic E-state index is 0.0955. The molecule has 0 heterocycles. The molecule has 1 aromatic rings. The van der Waals surface area contributed by atoms with Gasteiger partial charge in [-0.2, -0.15) is 0 Å². The molecule has 0 aliphatic rings. The highest BCUT2D eigenvalue weighted by molar-refractivity contribution is 9.10. The molecular weight excluding hydrogens is 228 g/mol. The van der Waals surface area contributed by atoms with Gasteiger partial charge in [-0.15, -0.1) is 0 Å². The molecule has 0 bridgehead atoms. The third kappa shape index (κ3) is 3.15. The Balaban J connectivity index is 2.75. The van der Waals surface area contributed by atoms with Crippen LogP contribution in [0.3, 0.4) is 0 Å². The number of Topliss-reactive ketones (excluding diaryl/α,β-unsaturated/α-hetero) is 1. The van der Waals surface area contributed by atoms with Crippen LogP contribution in [-0.2, 0) is 11.2 Å². The number of hydrogen-bond acceptors (Lipinski definition) is 1. The lowest BCUT2D eigenvalue weighted by atomic mass is 10.1. The van der Waals surface area contributed by atoms with Gasteiger partial charge in [-0.05, 0) is 30.2 Å². The van der Waals surface area contributed by atoms with Gasteiger partial charge in [0.15, 0.2) is 5.78 Å². The highest BCUT2D eigenvalue weighted by Crippen LogP contribution is 2.13. The molecule has 0 unspecified atom stereocenters. The first-order valence-electron chi connectivity index (χ1n) is 4.03. The van der Waals surface area contributed by atoms with Gasteiger partial charge in [0, 0.05) is 10.9 Å². The molecule has 0 atom stereocenters. The lowest BCUT2D eigenvalue weighted by molar-refractivity contribution is -0.114. The summed E-state index contributed by atoms with van der Waals surface area (Å²) in [6, 6.07) is 7.74. The summed E-state index contributed by atoms with van der Waals surface area (Å²) in [4.78, 5) is 11.3. The number of benzene rings is 1. The lowest BCUT2D eigenvalue weighted by Crippen LogP contribution is -2.02. The summed E-state index contributed by atoms with van der Waals surface area (Å²) in [5.74, 6) is 0.0955. The molecule has 0 spiro atoms. The number of halogens is 1. The zero-order valence-corrected chi connectivity index (χ0v) is 9.10. The van der Waals surface area contributed by atoms with Crippen LogP contribution in [0.5, 0.6) is 0 Å². The van der Waals surface area contributed by atoms with E-state index < -0.39 is 0 Å². The zero-order chi connectivity index (χ0) is 9.84. The monoisotopic (exact) mass is 238 g/mol. The van der Waals surface area contributed by atoms with E-state index >= 15 is 0 Å². The fourth-order valence-electron chi connectivity index (χ4n) is 0.983. The largest absolute Gasteiger partial charge is 0.294 e. The Morgan fingerprint density at radius 3 is 2.77 bits per heavy atom. The SMILES string of the molecule is C=C(C)C(=O)Cc1cccc(Br)c1. The summed E-state index contributed by atoms with van der Waals surface area (Å²) in [6.45, 7) is 5.35. The van der Waals surface area contributed by atoms with Crippen molar-refractivity contribution in [3.05, 3.63) is 46.5 Å². The van der Waals surface area contributed by atoms with Gasteiger partial charge >= 0.3 is 0 Å². The summed E-state index contributed by atoms with van der Waals surface area (Å²) in [5.41, 5.74) is 1.63. The van der Waals surface area contributed by atoms with Gasteiger partial charge in [-0.1, -0.05) is 34.6 Å². The van der Waals surface area contributed by atoms with Crippen LogP contribution >= 0.6 is 15.9 Å². The molecule has 0 N–H and O–H groups in total. The third-order valence-electron chi connectivity index (χ3n) is 1.73. The Morgan fingerprint density at radius 1 is 1.54 bits per heavy atom. The van der Waals surface area contributed by atoms with Gasteiger partial charge in [0.1, 0.15) is 0 Å². The molecular formula is C11H11BrO. The molecule has 0 radical (unpaired) electrons. The van der Waals surface area contributed by atoms with Gasteiger partial charge in [0.25, 0.3) is 0 Å². The van der Waals surface area contributed by atoms with Crippen molar-refractivity contribution in [2.75, 3.05) is 0 Å². The number of carbonyl (C=O) groups excluding carboxylic acids is 1. The molecule has 0 aromatic heterocycles. The Labute approximate surface area is 86.6 Å². The fourth-order valence-corrected chi connectivity index (χ4v) is 1.43. The fraction of sp³-hybridized carbons (Fsp3) is 0.182. The van der Waals surface area contributed by atoms with Crippen molar-refractivity contribution >= 4 is 21.7 Å². The summed E-state index contributed by atoms with van der Waals surface area (Å²) in [7, 11) is 0. The number of allylic oxidation sites excluding steroid dienone is 1. The topological polar surface area (TPSA) is 17.1 Å². The normalized spacial score (nSPS) is 9.69. The van der Waals surface area contributed by atoms with Crippen LogP contribution in [0.2, 0.25) is 0 Å². The van der Waals surface area contributed by atoms with Crippen molar-refractivity contribution < 1.29 is 4.79 Å². The molecule has 0 saturated heterocycles. The standard InChI is InChI=1S/C11H11BrO/c1-8(2)11(13)7-9-4-3-5-10(12)6-9/h3-6H,1,7H2,2H3. The molecule has 0 fully saturated rings. The second-order valence-electron chi connectivity index (χ2n) is 3.01. The van der Waals surface area contributed by atoms with E-state index in [1.54, 1.807) is 6.92 Å². The van der Waals surface area contributed by atoms with E-state index in [2.05, 4.69) is 22.5 Å². The van der Waals surface area contributed by atoms with Gasteiger partial charge in [0.2, 0.25) is 0 Å². The summed E-state index contributed by atoms with van der Waals surface area (Å²) in [5, 5.41) is 0. The molecule has 1 nitrogen and oxygen atoms in total. The van der Waals surface area contributed by atoms with Crippen LogP contribution in [0.15, 0.2) is 40.9 Å². The van der Waals surface area contributed by atoms with Gasteiger partial charge in [0.05, 0.1) is 0 Å². The summed E-state index contributed by atoms with van der Waals surface area (Å²) < 4.78 is 1.000. The highest BCUT2D eigenvalue weighted by atomic mass is 79.9. The number of carbonyl (C=O) groups is 1. The van der Waals surface area contributed by atoms with Crippen molar-refractivity contribution in [1.29, 1.82) is 0 Å². The van der Waals surface area contributed by atoms with E-state index in [0.717, 1.165) is 10.0 Å². The molecule has 0 saturated carbocycles. The zero-order valence-electron chi connectivity index (χ0n) is 7.51. The molecule has 2 heteroatoms. The van der Waals surface area contributed by atoms with Crippen LogP contribution in [0.25, 0.3) is 0 Å². The van der Waals surface area contributed by atoms with Gasteiger partial charge < -0.3 is 0 Å². The van der Waals surface area contributed by atoms with Crippen LogP contribution < -0.4 is 0 Å². The molecule has 0 aliphatic carbocycles. The van der Waals surface area contributed by atoms with E-state index in [9.17, 15) is 4.79 Å². The lowest BCUT2D eigenvalue weighted by Gasteiger charge is -2.00. The van der Waals surface area contributed by atoms with Gasteiger partial charge in [-0.3, -0.25) is 4.79 Å². The van der Waals surface area contributed by atoms with E-state index in [1.807, 2.05) is 24.3 Å². The molecule has 0 aliphatic heterocycles. The number of rotatable bonds is 3. The number of ketones is 1. The van der Waals surface area contributed by atoms with Gasteiger partial charge in [-0.25, -0.2) is 0 Å². The Bertz CT molecular complexity index is 342. The van der Waals surface area contributed by atoms with Crippen molar-refractivity contribution in [2.45, 2.75) is 13.3 Å². The van der Waals surface area contributed by atoms with Crippen LogP contribution in [-0.4, -0.2) is 5.78 Å². The smallest absolute Gasteiger partial charge is 0.162 e. The van der Waals surface area contributed by atoms with Crippen molar-refractivity contribution in [2.24, 2.45) is 0 Å². The minimum Gasteiger partial charge on any atom is -0.294 e. The van der Waals surface area contributed by atoms with E-state index in [4.69, 9.17) is 0 Å². The summed E-state index contributed by atoms with van der Waals surface area (Å²) in [6.07, 6.45) is 0.439. The second kappa shape index (κ2) is 4.38. The molecule has 1 rings (SSSR count). The maximum atomic E-state index is 11.3. The predicted molar refractivity (Wildman–Crippen MR) is 57.7 cm³/mol. The minimum absolute atomic E-state index is 0.0955. The Hall–Kier alpha value is -0.890. The molecule has 13 heavy (non-hydrogen) atoms. The third-order valence-corrected chi connectivity index (χ3v) is 2.22. The van der Waals surface area contributed by atoms with Crippen LogP contribution in [0, 0.1) is 0 Å². The number of hydrogen-bond donors (Lipinski definition) is 0. The van der Waals surface area contributed by atoms with Crippen LogP contribution in [0.4, 0.5) is 0 Å². The Morgan fingerprint density at radius 2 is 2.23 bits per heavy atom. The molecule has 0 amide bonds. The van der Waals surface area contributed by atoms with Crippen molar-refractivity contribution in [3.63, 3.8) is 0 Å². The van der Waals surface area contributed by atoms with E-state index in [0.29, 0.717) is 12.0 Å². The predicted octanol–water partition coefficient (Wildman–Crippen LogP) is 3.14. The first kappa shape index (κ1) is 10.2. The maximum absolute atomic E-state index is 11.3. The summed E-state index contributed by atoms with van der Waals surface area (Å²) >= 11 is 3.36. The first-order valence-corrected chi connectivity index (χ1v) is 4.82. The molecule has 68 valence electrons. The van der Waals surface area contributed by atoms with Crippen molar-refractivity contribution in [3.8, 4) is 0 Å². The van der Waals surface area contributed by atoms with Crippen molar-refractivity contribution in [1.82, 2.24) is 0 Å². The molecule has 1 aromatic carbocycles. The Kier molecular flexibility index (Phi) is 3.43.